The lowest BCUT2D eigenvalue weighted by Crippen LogP contribution is -2.26. The van der Waals surface area contributed by atoms with Crippen molar-refractivity contribution in [2.45, 2.75) is 0 Å². The monoisotopic (exact) mass is 553 g/mol. The molecule has 0 aromatic heterocycles. The van der Waals surface area contributed by atoms with Gasteiger partial charge in [-0.05, 0) is 46.9 Å². The molecular weight excluding hydrogens is 534 g/mol. The number of oxime groups is 1. The molecule has 0 radical (unpaired) electrons. The molecule has 0 spiro atoms. The van der Waals surface area contributed by atoms with Gasteiger partial charge in [-0.15, -0.1) is 0 Å². The number of aliphatic hydroxyl groups excluding tert-OH is 1. The van der Waals surface area contributed by atoms with Crippen LogP contribution in [0.2, 0.25) is 0 Å². The predicted octanol–water partition coefficient (Wildman–Crippen LogP) is 3.10. The number of nitrogens with one attached hydrogen (secondary N) is 2. The standard InChI is InChI=1S/C19H19F3IN3O5/c1-29-6-7-30-24-10-11-8-13(19(28)26-31-5-4-27)18(17(22)16(11)21)25-15-3-2-12(23)9-14(15)20/h2-3,8-10,25,27H,4-7H2,1H3,(H,26,28). The maximum absolute atomic E-state index is 14.9. The number of carbonyl (C=O) groups excluding carboxylic acids is 1. The first-order valence-corrected chi connectivity index (χ1v) is 9.88. The summed E-state index contributed by atoms with van der Waals surface area (Å²) in [6.07, 6.45) is 0.884. The maximum atomic E-state index is 14.9. The smallest absolute Gasteiger partial charge is 0.277 e. The fourth-order valence-corrected chi connectivity index (χ4v) is 2.70. The van der Waals surface area contributed by atoms with Crippen molar-refractivity contribution < 1.29 is 37.5 Å². The van der Waals surface area contributed by atoms with Crippen LogP contribution in [-0.2, 0) is 14.4 Å². The van der Waals surface area contributed by atoms with Crippen molar-refractivity contribution in [3.63, 3.8) is 0 Å². The second kappa shape index (κ2) is 12.4. The third-order valence-corrected chi connectivity index (χ3v) is 4.34. The van der Waals surface area contributed by atoms with Crippen LogP contribution < -0.4 is 10.8 Å². The molecule has 8 nitrogen and oxygen atoms in total. The molecule has 0 heterocycles. The maximum Gasteiger partial charge on any atom is 0.277 e. The number of nitrogens with zero attached hydrogens (tertiary/aromatic N) is 1. The Kier molecular flexibility index (Phi) is 9.97. The molecule has 0 saturated carbocycles. The zero-order chi connectivity index (χ0) is 22.8. The summed E-state index contributed by atoms with van der Waals surface area (Å²) >= 11 is 1.89. The SMILES string of the molecule is COCCON=Cc1cc(C(=O)NOCCO)c(Nc2ccc(I)cc2F)c(F)c1F. The molecule has 2 rings (SSSR count). The van der Waals surface area contributed by atoms with Crippen LogP contribution in [0.3, 0.4) is 0 Å². The molecule has 2 aromatic carbocycles. The van der Waals surface area contributed by atoms with Gasteiger partial charge in [0.05, 0.1) is 43.0 Å². The Bertz CT molecular complexity index is 946. The van der Waals surface area contributed by atoms with Gasteiger partial charge in [-0.25, -0.2) is 18.7 Å². The zero-order valence-electron chi connectivity index (χ0n) is 16.3. The molecule has 0 aliphatic rings. The van der Waals surface area contributed by atoms with Crippen molar-refractivity contribution in [3.8, 4) is 0 Å². The zero-order valence-corrected chi connectivity index (χ0v) is 18.4. The summed E-state index contributed by atoms with van der Waals surface area (Å²) in [5.41, 5.74) is 0.421. The lowest BCUT2D eigenvalue weighted by atomic mass is 10.1. The van der Waals surface area contributed by atoms with Crippen molar-refractivity contribution in [3.05, 3.63) is 56.4 Å². The number of hydrogen-bond donors (Lipinski definition) is 3. The van der Waals surface area contributed by atoms with E-state index in [4.69, 9.17) is 19.5 Å². The van der Waals surface area contributed by atoms with Gasteiger partial charge in [0.25, 0.3) is 5.91 Å². The summed E-state index contributed by atoms with van der Waals surface area (Å²) in [4.78, 5) is 22.0. The molecule has 1 amide bonds. The molecule has 0 fully saturated rings. The fraction of sp³-hybridized carbons (Fsp3) is 0.263. The molecule has 31 heavy (non-hydrogen) atoms. The van der Waals surface area contributed by atoms with Gasteiger partial charge in [-0.2, -0.15) is 0 Å². The summed E-state index contributed by atoms with van der Waals surface area (Å²) in [6, 6.07) is 5.03. The predicted molar refractivity (Wildman–Crippen MR) is 115 cm³/mol. The van der Waals surface area contributed by atoms with Crippen molar-refractivity contribution >= 4 is 46.1 Å². The summed E-state index contributed by atoms with van der Waals surface area (Å²) in [5.74, 6) is -4.46. The molecule has 0 saturated heterocycles. The molecule has 0 bridgehead atoms. The van der Waals surface area contributed by atoms with Crippen LogP contribution >= 0.6 is 22.6 Å². The van der Waals surface area contributed by atoms with Crippen molar-refractivity contribution in [1.29, 1.82) is 0 Å². The van der Waals surface area contributed by atoms with Crippen LogP contribution in [-0.4, -0.2) is 50.8 Å². The van der Waals surface area contributed by atoms with Crippen molar-refractivity contribution in [2.75, 3.05) is 38.9 Å². The number of halogens is 4. The summed E-state index contributed by atoms with van der Waals surface area (Å²) in [7, 11) is 1.45. The normalized spacial score (nSPS) is 11.0. The Hall–Kier alpha value is -2.42. The summed E-state index contributed by atoms with van der Waals surface area (Å²) in [5, 5.41) is 14.7. The molecular formula is C19H19F3IN3O5. The first-order valence-electron chi connectivity index (χ1n) is 8.80. The Morgan fingerprint density at radius 1 is 1.19 bits per heavy atom. The molecule has 3 N–H and O–H groups in total. The lowest BCUT2D eigenvalue weighted by Gasteiger charge is -2.15. The van der Waals surface area contributed by atoms with Crippen LogP contribution in [0.4, 0.5) is 24.5 Å². The minimum absolute atomic E-state index is 0.0746. The van der Waals surface area contributed by atoms with E-state index in [1.807, 2.05) is 28.1 Å². The van der Waals surface area contributed by atoms with Crippen molar-refractivity contribution in [1.82, 2.24) is 5.48 Å². The molecule has 0 aliphatic heterocycles. The second-order valence-corrected chi connectivity index (χ2v) is 7.07. The third-order valence-electron chi connectivity index (χ3n) is 3.67. The minimum Gasteiger partial charge on any atom is -0.394 e. The second-order valence-electron chi connectivity index (χ2n) is 5.83. The van der Waals surface area contributed by atoms with E-state index < -0.39 is 40.2 Å². The minimum atomic E-state index is -1.44. The average Bonchev–Trinajstić information content (AvgIpc) is 2.74. The van der Waals surface area contributed by atoms with Gasteiger partial charge in [0.2, 0.25) is 0 Å². The molecule has 12 heteroatoms. The van der Waals surface area contributed by atoms with Gasteiger partial charge in [-0.1, -0.05) is 5.16 Å². The van der Waals surface area contributed by atoms with Crippen molar-refractivity contribution in [2.24, 2.45) is 5.16 Å². The largest absolute Gasteiger partial charge is 0.394 e. The topological polar surface area (TPSA) is 101 Å². The van der Waals surface area contributed by atoms with Gasteiger partial charge in [0.15, 0.2) is 11.6 Å². The highest BCUT2D eigenvalue weighted by atomic mass is 127. The number of amides is 1. The highest BCUT2D eigenvalue weighted by Gasteiger charge is 2.23. The van der Waals surface area contributed by atoms with E-state index in [-0.39, 0.29) is 32.1 Å². The highest BCUT2D eigenvalue weighted by Crippen LogP contribution is 2.30. The first-order chi connectivity index (χ1) is 14.9. The number of hydroxylamine groups is 1. The number of aliphatic hydroxyl groups is 1. The average molecular weight is 553 g/mol. The van der Waals surface area contributed by atoms with E-state index in [0.29, 0.717) is 3.57 Å². The van der Waals surface area contributed by atoms with E-state index >= 15 is 0 Å². The van der Waals surface area contributed by atoms with E-state index in [0.717, 1.165) is 12.3 Å². The van der Waals surface area contributed by atoms with Gasteiger partial charge >= 0.3 is 0 Å². The van der Waals surface area contributed by atoms with Crippen LogP contribution in [0, 0.1) is 21.0 Å². The highest BCUT2D eigenvalue weighted by molar-refractivity contribution is 14.1. The lowest BCUT2D eigenvalue weighted by molar-refractivity contribution is 0.0168. The number of benzene rings is 2. The Morgan fingerprint density at radius 2 is 1.97 bits per heavy atom. The molecule has 0 aliphatic carbocycles. The van der Waals surface area contributed by atoms with E-state index in [1.54, 1.807) is 6.07 Å². The number of hydrogen-bond acceptors (Lipinski definition) is 7. The Balaban J connectivity index is 2.43. The quantitative estimate of drug-likeness (QED) is 0.171. The van der Waals surface area contributed by atoms with Gasteiger partial charge in [0.1, 0.15) is 12.4 Å². The van der Waals surface area contributed by atoms with Crippen LogP contribution in [0.5, 0.6) is 0 Å². The van der Waals surface area contributed by atoms with E-state index in [9.17, 15) is 18.0 Å². The first kappa shape index (κ1) is 24.8. The fourth-order valence-electron chi connectivity index (χ4n) is 2.25. The van der Waals surface area contributed by atoms with Crippen LogP contribution in [0.1, 0.15) is 15.9 Å². The van der Waals surface area contributed by atoms with Crippen LogP contribution in [0.25, 0.3) is 0 Å². The van der Waals surface area contributed by atoms with E-state index in [2.05, 4.69) is 10.5 Å². The molecule has 2 aromatic rings. The number of ether oxygens (including phenoxy) is 1. The summed E-state index contributed by atoms with van der Waals surface area (Å²) in [6.45, 7) is -0.307. The van der Waals surface area contributed by atoms with E-state index in [1.165, 1.54) is 19.2 Å². The van der Waals surface area contributed by atoms with Gasteiger partial charge in [-0.3, -0.25) is 9.63 Å². The Labute approximate surface area is 189 Å². The Morgan fingerprint density at radius 3 is 2.65 bits per heavy atom. The van der Waals surface area contributed by atoms with Gasteiger partial charge < -0.3 is 20.0 Å². The number of rotatable bonds is 11. The molecule has 0 atom stereocenters. The number of anilines is 2. The summed E-state index contributed by atoms with van der Waals surface area (Å²) < 4.78 is 49.0. The third kappa shape index (κ3) is 7.05. The molecule has 168 valence electrons. The number of methoxy groups -OCH3 is 1. The van der Waals surface area contributed by atoms with Gasteiger partial charge in [0, 0.05) is 16.2 Å². The van der Waals surface area contributed by atoms with Crippen LogP contribution in [0.15, 0.2) is 29.4 Å². The molecule has 0 unspecified atom stereocenters. The number of carbonyl (C=O) groups is 1.